The zero-order valence-corrected chi connectivity index (χ0v) is 8.44. The van der Waals surface area contributed by atoms with Gasteiger partial charge in [0.25, 0.3) is 0 Å². The number of nitrogens with one attached hydrogen (secondary N) is 1. The first-order chi connectivity index (χ1) is 6.34. The molecule has 3 N–H and O–H groups in total. The van der Waals surface area contributed by atoms with Crippen molar-refractivity contribution >= 4 is 16.6 Å². The third-order valence-corrected chi connectivity index (χ3v) is 4.36. The second kappa shape index (κ2) is 4.03. The molecule has 13 heavy (non-hydrogen) atoms. The first-order valence-electron chi connectivity index (χ1n) is 4.54. The fourth-order valence-corrected chi connectivity index (χ4v) is 3.40. The topological polar surface area (TPSA) is 38.0 Å². The fraction of sp³-hybridized carbons (Fsp3) is 0.400. The third kappa shape index (κ3) is 2.39. The van der Waals surface area contributed by atoms with Gasteiger partial charge in [0.2, 0.25) is 0 Å². The van der Waals surface area contributed by atoms with Gasteiger partial charge in [0.1, 0.15) is 11.5 Å². The maximum atomic E-state index is 5.62. The van der Waals surface area contributed by atoms with E-state index in [1.807, 2.05) is 12.1 Å². The highest BCUT2D eigenvalue weighted by Crippen LogP contribution is 2.12. The van der Waals surface area contributed by atoms with Crippen molar-refractivity contribution in [1.82, 2.24) is 5.32 Å². The van der Waals surface area contributed by atoms with Crippen molar-refractivity contribution in [3.8, 4) is 0 Å². The summed E-state index contributed by atoms with van der Waals surface area (Å²) < 4.78 is 0. The Morgan fingerprint density at radius 2 is 2.08 bits per heavy atom. The largest absolute Gasteiger partial charge is 0.399 e. The van der Waals surface area contributed by atoms with Crippen LogP contribution in [-0.4, -0.2) is 18.2 Å². The summed E-state index contributed by atoms with van der Waals surface area (Å²) in [7, 11) is 0.563. The minimum absolute atomic E-state index is 0.563. The Morgan fingerprint density at radius 3 is 2.69 bits per heavy atom. The van der Waals surface area contributed by atoms with Gasteiger partial charge in [-0.25, -0.2) is 0 Å². The minimum Gasteiger partial charge on any atom is -0.399 e. The Balaban J connectivity index is 1.97. The summed E-state index contributed by atoms with van der Waals surface area (Å²) in [6.07, 6.45) is 0. The van der Waals surface area contributed by atoms with Gasteiger partial charge in [0, 0.05) is 28.7 Å². The number of hydrogen-bond donors (Lipinski definition) is 2. The molecule has 0 aliphatic carbocycles. The first kappa shape index (κ1) is 8.91. The van der Waals surface area contributed by atoms with Crippen LogP contribution < -0.4 is 11.1 Å². The molecule has 0 saturated carbocycles. The SMILES string of the molecule is Nc1ccc(C[S+]2CCNC2)cc1. The molecule has 1 atom stereocenters. The molecule has 2 nitrogen and oxygen atoms in total. The van der Waals surface area contributed by atoms with Gasteiger partial charge in [-0.2, -0.15) is 0 Å². The Hall–Kier alpha value is -0.670. The molecule has 0 radical (unpaired) electrons. The summed E-state index contributed by atoms with van der Waals surface area (Å²) in [5, 5.41) is 3.39. The smallest absolute Gasteiger partial charge is 0.160 e. The zero-order valence-electron chi connectivity index (χ0n) is 7.62. The third-order valence-electron chi connectivity index (χ3n) is 2.22. The second-order valence-electron chi connectivity index (χ2n) is 3.35. The van der Waals surface area contributed by atoms with Gasteiger partial charge in [-0.1, -0.05) is 12.1 Å². The summed E-state index contributed by atoms with van der Waals surface area (Å²) in [6.45, 7) is 1.19. The molecule has 1 fully saturated rings. The molecule has 1 aromatic carbocycles. The van der Waals surface area contributed by atoms with Crippen LogP contribution in [0.1, 0.15) is 5.56 Å². The number of anilines is 1. The summed E-state index contributed by atoms with van der Waals surface area (Å²) in [5.41, 5.74) is 7.90. The highest BCUT2D eigenvalue weighted by molar-refractivity contribution is 7.96. The Bertz CT molecular complexity index is 265. The van der Waals surface area contributed by atoms with Crippen LogP contribution in [0.15, 0.2) is 24.3 Å². The zero-order chi connectivity index (χ0) is 9.10. The molecule has 1 aliphatic rings. The average Bonchev–Trinajstić information content (AvgIpc) is 2.62. The van der Waals surface area contributed by atoms with Gasteiger partial charge in [0.05, 0.1) is 0 Å². The number of nitrogen functional groups attached to an aromatic ring is 1. The number of rotatable bonds is 2. The summed E-state index contributed by atoms with van der Waals surface area (Å²) in [5.74, 6) is 3.75. The van der Waals surface area contributed by atoms with E-state index < -0.39 is 0 Å². The van der Waals surface area contributed by atoms with E-state index in [1.165, 1.54) is 29.5 Å². The van der Waals surface area contributed by atoms with E-state index in [0.29, 0.717) is 10.9 Å². The van der Waals surface area contributed by atoms with Crippen LogP contribution in [0.2, 0.25) is 0 Å². The quantitative estimate of drug-likeness (QED) is 0.544. The predicted molar refractivity (Wildman–Crippen MR) is 59.7 cm³/mol. The monoisotopic (exact) mass is 195 g/mol. The molecular weight excluding hydrogens is 180 g/mol. The Kier molecular flexibility index (Phi) is 2.76. The summed E-state index contributed by atoms with van der Waals surface area (Å²) in [6, 6.07) is 8.26. The first-order valence-corrected chi connectivity index (χ1v) is 6.27. The van der Waals surface area contributed by atoms with Crippen molar-refractivity contribution in [2.75, 3.05) is 23.9 Å². The van der Waals surface area contributed by atoms with E-state index in [2.05, 4.69) is 17.4 Å². The standard InChI is InChI=1S/C10H15N2S/c11-10-3-1-9(2-4-10)7-13-6-5-12-8-13/h1-4,12H,5-8,11H2/q+1. The van der Waals surface area contributed by atoms with Gasteiger partial charge in [0.15, 0.2) is 5.88 Å². The van der Waals surface area contributed by atoms with Crippen LogP contribution in [-0.2, 0) is 16.6 Å². The maximum Gasteiger partial charge on any atom is 0.160 e. The molecule has 70 valence electrons. The normalized spacial score (nSPS) is 22.0. The van der Waals surface area contributed by atoms with Gasteiger partial charge in [-0.15, -0.1) is 0 Å². The predicted octanol–water partition coefficient (Wildman–Crippen LogP) is 0.948. The van der Waals surface area contributed by atoms with Crippen LogP contribution in [0, 0.1) is 0 Å². The van der Waals surface area contributed by atoms with E-state index in [-0.39, 0.29) is 0 Å². The maximum absolute atomic E-state index is 5.62. The molecule has 0 bridgehead atoms. The highest BCUT2D eigenvalue weighted by Gasteiger charge is 2.23. The summed E-state index contributed by atoms with van der Waals surface area (Å²) in [4.78, 5) is 0. The Labute approximate surface area is 81.9 Å². The van der Waals surface area contributed by atoms with Crippen molar-refractivity contribution in [2.45, 2.75) is 5.75 Å². The van der Waals surface area contributed by atoms with Crippen molar-refractivity contribution in [3.05, 3.63) is 29.8 Å². The Morgan fingerprint density at radius 1 is 1.31 bits per heavy atom. The number of hydrogen-bond acceptors (Lipinski definition) is 2. The van der Waals surface area contributed by atoms with E-state index in [9.17, 15) is 0 Å². The van der Waals surface area contributed by atoms with Gasteiger partial charge < -0.3 is 5.73 Å². The molecule has 2 rings (SSSR count). The van der Waals surface area contributed by atoms with Crippen LogP contribution in [0.4, 0.5) is 5.69 Å². The summed E-state index contributed by atoms with van der Waals surface area (Å²) >= 11 is 0. The van der Waals surface area contributed by atoms with Crippen LogP contribution in [0.5, 0.6) is 0 Å². The second-order valence-corrected chi connectivity index (χ2v) is 5.56. The lowest BCUT2D eigenvalue weighted by molar-refractivity contribution is 0.885. The molecule has 1 saturated heterocycles. The van der Waals surface area contributed by atoms with Gasteiger partial charge in [-0.05, 0) is 12.1 Å². The molecule has 0 spiro atoms. The molecule has 1 aromatic rings. The van der Waals surface area contributed by atoms with E-state index in [4.69, 9.17) is 5.73 Å². The van der Waals surface area contributed by atoms with E-state index >= 15 is 0 Å². The van der Waals surface area contributed by atoms with Crippen LogP contribution in [0.3, 0.4) is 0 Å². The van der Waals surface area contributed by atoms with Gasteiger partial charge in [-0.3, -0.25) is 5.32 Å². The van der Waals surface area contributed by atoms with Crippen molar-refractivity contribution in [2.24, 2.45) is 0 Å². The van der Waals surface area contributed by atoms with Crippen LogP contribution >= 0.6 is 0 Å². The van der Waals surface area contributed by atoms with Crippen molar-refractivity contribution in [3.63, 3.8) is 0 Å². The molecule has 3 heteroatoms. The number of benzene rings is 1. The molecule has 1 heterocycles. The molecule has 1 unspecified atom stereocenters. The van der Waals surface area contributed by atoms with Gasteiger partial charge >= 0.3 is 0 Å². The van der Waals surface area contributed by atoms with E-state index in [1.54, 1.807) is 0 Å². The van der Waals surface area contributed by atoms with Crippen molar-refractivity contribution < 1.29 is 0 Å². The average molecular weight is 195 g/mol. The lowest BCUT2D eigenvalue weighted by atomic mass is 10.2. The van der Waals surface area contributed by atoms with Crippen LogP contribution in [0.25, 0.3) is 0 Å². The lowest BCUT2D eigenvalue weighted by Crippen LogP contribution is -2.11. The molecule has 0 amide bonds. The molecular formula is C10H15N2S+. The van der Waals surface area contributed by atoms with E-state index in [0.717, 1.165) is 5.69 Å². The molecule has 1 aliphatic heterocycles. The molecule has 0 aromatic heterocycles. The number of nitrogens with two attached hydrogens (primary N) is 1. The minimum atomic E-state index is 0.563. The lowest BCUT2D eigenvalue weighted by Gasteiger charge is -2.00. The van der Waals surface area contributed by atoms with Crippen molar-refractivity contribution in [1.29, 1.82) is 0 Å². The fourth-order valence-electron chi connectivity index (χ4n) is 1.48. The highest BCUT2D eigenvalue weighted by atomic mass is 32.2.